The van der Waals surface area contributed by atoms with Crippen LogP contribution in [0, 0.1) is 0 Å². The zero-order valence-corrected chi connectivity index (χ0v) is 34.8. The predicted octanol–water partition coefficient (Wildman–Crippen LogP) is 7.36. The number of hydrogen-bond acceptors (Lipinski definition) is 14. The number of aromatic carboxylic acids is 2. The fraction of sp³-hybridized carbons (Fsp3) is 0.250. The van der Waals surface area contributed by atoms with E-state index in [4.69, 9.17) is 51.6 Å². The van der Waals surface area contributed by atoms with Gasteiger partial charge in [0, 0.05) is 98.8 Å². The maximum atomic E-state index is 12.4. The number of rotatable bonds is 14. The highest BCUT2D eigenvalue weighted by Gasteiger charge is 2.32. The summed E-state index contributed by atoms with van der Waals surface area (Å²) in [6, 6.07) is 9.18. The lowest BCUT2D eigenvalue weighted by Crippen LogP contribution is -2.28. The number of nitrogens with zero attached hydrogens (tertiary/aromatic N) is 4. The number of carbonyl (C=O) groups is 2. The standard InChI is InChI=1S/2C20H17ClN2O6S/c2*1-27-3-2-4-28-18-7-17-11(5-13(18)21)15-6-16(24)12(20(25)26)8-23(15)19(29-17)14-9-30-10-22-14/h2*5-10,19H,2-4H2,1H3,(H,25,26)/t2*19-/m10/s1. The monoisotopic (exact) mass is 896 g/mol. The van der Waals surface area contributed by atoms with Crippen LogP contribution in [-0.2, 0) is 9.47 Å². The molecule has 2 aliphatic rings. The molecule has 2 aromatic carbocycles. The van der Waals surface area contributed by atoms with Gasteiger partial charge in [-0.05, 0) is 12.1 Å². The minimum absolute atomic E-state index is 0.350. The Morgan fingerprint density at radius 1 is 0.683 bits per heavy atom. The van der Waals surface area contributed by atoms with Gasteiger partial charge in [0.2, 0.25) is 12.5 Å². The Hall–Kier alpha value is -5.76. The van der Waals surface area contributed by atoms with Crippen molar-refractivity contribution in [2.75, 3.05) is 40.6 Å². The summed E-state index contributed by atoms with van der Waals surface area (Å²) in [5.41, 5.74) is 4.66. The molecule has 60 heavy (non-hydrogen) atoms. The number of ether oxygens (including phenoxy) is 6. The molecular formula is C40H34Cl2N4O12S2. The fourth-order valence-corrected chi connectivity index (χ4v) is 7.90. The number of hydrogen-bond donors (Lipinski definition) is 2. The van der Waals surface area contributed by atoms with Crippen molar-refractivity contribution in [1.29, 1.82) is 0 Å². The average molecular weight is 898 g/mol. The van der Waals surface area contributed by atoms with Gasteiger partial charge in [0.25, 0.3) is 0 Å². The van der Waals surface area contributed by atoms with Crippen LogP contribution in [0.15, 0.2) is 80.2 Å². The van der Waals surface area contributed by atoms with Crippen LogP contribution in [0.5, 0.6) is 23.0 Å². The van der Waals surface area contributed by atoms with Crippen LogP contribution in [0.4, 0.5) is 0 Å². The van der Waals surface area contributed by atoms with E-state index >= 15 is 0 Å². The fourth-order valence-electron chi connectivity index (χ4n) is 6.34. The number of benzene rings is 2. The zero-order valence-electron chi connectivity index (χ0n) is 31.7. The number of aromatic nitrogens is 4. The molecule has 20 heteroatoms. The van der Waals surface area contributed by atoms with Gasteiger partial charge in [-0.15, -0.1) is 22.7 Å². The van der Waals surface area contributed by atoms with Crippen LogP contribution in [-0.4, -0.2) is 81.9 Å². The van der Waals surface area contributed by atoms with Crippen molar-refractivity contribution < 1.29 is 48.2 Å². The van der Waals surface area contributed by atoms with Crippen molar-refractivity contribution >= 4 is 57.8 Å². The predicted molar refractivity (Wildman–Crippen MR) is 222 cm³/mol. The van der Waals surface area contributed by atoms with Gasteiger partial charge in [-0.3, -0.25) is 9.59 Å². The summed E-state index contributed by atoms with van der Waals surface area (Å²) >= 11 is 15.6. The molecule has 312 valence electrons. The molecule has 2 aliphatic heterocycles. The van der Waals surface area contributed by atoms with E-state index in [0.717, 1.165) is 0 Å². The van der Waals surface area contributed by atoms with Crippen molar-refractivity contribution in [3.8, 4) is 45.5 Å². The summed E-state index contributed by atoms with van der Waals surface area (Å²) in [7, 11) is 3.24. The van der Waals surface area contributed by atoms with Gasteiger partial charge in [-0.1, -0.05) is 23.2 Å². The number of methoxy groups -OCH3 is 2. The molecule has 0 saturated carbocycles. The minimum atomic E-state index is -1.31. The normalized spacial score (nSPS) is 14.5. The molecule has 0 bridgehead atoms. The SMILES string of the molecule is COCCCOc1cc2c(cc1Cl)-c1cc(=O)c(C(=O)O)cn1[C@@H](c1cscn1)O2.COCCCOc1cc2c(cc1Cl)-c1cc(=O)c(C(=O)O)cn1[C@H](c1cscn1)O2. The van der Waals surface area contributed by atoms with Gasteiger partial charge in [0.15, 0.2) is 10.9 Å². The van der Waals surface area contributed by atoms with Crippen molar-refractivity contribution in [3.05, 3.63) is 124 Å². The van der Waals surface area contributed by atoms with Gasteiger partial charge in [0.1, 0.15) is 45.5 Å². The molecule has 0 spiro atoms. The lowest BCUT2D eigenvalue weighted by Gasteiger charge is -2.31. The Kier molecular flexibility index (Phi) is 13.2. The van der Waals surface area contributed by atoms with Crippen LogP contribution in [0.2, 0.25) is 10.0 Å². The smallest absolute Gasteiger partial charge is 0.341 e. The van der Waals surface area contributed by atoms with Gasteiger partial charge in [0.05, 0.1) is 45.7 Å². The Labute approximate surface area is 358 Å². The number of halogens is 2. The molecule has 0 radical (unpaired) electrons. The second kappa shape index (κ2) is 18.7. The number of pyridine rings is 2. The summed E-state index contributed by atoms with van der Waals surface area (Å²) in [5, 5.41) is 23.0. The summed E-state index contributed by atoms with van der Waals surface area (Å²) in [4.78, 5) is 56.3. The molecule has 8 rings (SSSR count). The highest BCUT2D eigenvalue weighted by molar-refractivity contribution is 7.07. The zero-order chi connectivity index (χ0) is 42.5. The summed E-state index contributed by atoms with van der Waals surface area (Å²) in [6.45, 7) is 1.96. The van der Waals surface area contributed by atoms with Gasteiger partial charge in [-0.25, -0.2) is 19.6 Å². The third-order valence-electron chi connectivity index (χ3n) is 9.13. The number of carboxylic acid groups (broad SMARTS) is 2. The first-order chi connectivity index (χ1) is 29.0. The molecule has 6 heterocycles. The maximum Gasteiger partial charge on any atom is 0.341 e. The average Bonchev–Trinajstić information content (AvgIpc) is 3.97. The first-order valence-corrected chi connectivity index (χ1v) is 20.6. The lowest BCUT2D eigenvalue weighted by atomic mass is 10.1. The molecular weight excluding hydrogens is 863 g/mol. The first-order valence-electron chi connectivity index (χ1n) is 18.0. The second-order valence-electron chi connectivity index (χ2n) is 13.0. The van der Waals surface area contributed by atoms with E-state index in [1.54, 1.807) is 69.4 Å². The topological polar surface area (TPSA) is 200 Å². The van der Waals surface area contributed by atoms with E-state index in [2.05, 4.69) is 9.97 Å². The third kappa shape index (κ3) is 8.89. The highest BCUT2D eigenvalue weighted by Crippen LogP contribution is 2.46. The van der Waals surface area contributed by atoms with E-state index in [1.165, 1.54) is 47.2 Å². The van der Waals surface area contributed by atoms with E-state index in [-0.39, 0.29) is 11.1 Å². The number of thiazole rings is 2. The Morgan fingerprint density at radius 2 is 1.10 bits per heavy atom. The van der Waals surface area contributed by atoms with Crippen molar-refractivity contribution in [2.45, 2.75) is 25.3 Å². The molecule has 0 unspecified atom stereocenters. The summed E-state index contributed by atoms with van der Waals surface area (Å²) < 4.78 is 37.0. The highest BCUT2D eigenvalue weighted by atomic mass is 35.5. The molecule has 4 aromatic heterocycles. The third-order valence-corrected chi connectivity index (χ3v) is 10.9. The van der Waals surface area contributed by atoms with Gasteiger partial charge in [-0.2, -0.15) is 0 Å². The van der Waals surface area contributed by atoms with Crippen molar-refractivity contribution in [2.24, 2.45) is 0 Å². The van der Waals surface area contributed by atoms with E-state index in [9.17, 15) is 29.4 Å². The van der Waals surface area contributed by atoms with Crippen LogP contribution < -0.4 is 29.8 Å². The lowest BCUT2D eigenvalue weighted by molar-refractivity contribution is 0.0682. The van der Waals surface area contributed by atoms with Crippen LogP contribution in [0.3, 0.4) is 0 Å². The van der Waals surface area contributed by atoms with Gasteiger partial charge >= 0.3 is 11.9 Å². The molecule has 16 nitrogen and oxygen atoms in total. The molecule has 2 N–H and O–H groups in total. The molecule has 0 fully saturated rings. The second-order valence-corrected chi connectivity index (χ2v) is 15.3. The van der Waals surface area contributed by atoms with Crippen LogP contribution >= 0.6 is 45.9 Å². The Morgan fingerprint density at radius 3 is 1.45 bits per heavy atom. The number of carboxylic acids is 2. The first kappa shape index (κ1) is 42.4. The van der Waals surface area contributed by atoms with Crippen molar-refractivity contribution in [1.82, 2.24) is 19.1 Å². The Balaban J connectivity index is 0.000000181. The molecule has 6 aromatic rings. The Bertz CT molecular complexity index is 2470. The van der Waals surface area contributed by atoms with Gasteiger partial charge < -0.3 is 47.8 Å². The quantitative estimate of drug-likeness (QED) is 0.103. The summed E-state index contributed by atoms with van der Waals surface area (Å²) in [5.74, 6) is -0.807. The van der Waals surface area contributed by atoms with Crippen LogP contribution in [0.25, 0.3) is 22.5 Å². The molecule has 0 amide bonds. The summed E-state index contributed by atoms with van der Waals surface area (Å²) in [6.07, 6.45) is 2.47. The number of fused-ring (bicyclic) bond motifs is 6. The molecule has 0 aliphatic carbocycles. The molecule has 0 saturated heterocycles. The largest absolute Gasteiger partial charge is 0.492 e. The van der Waals surface area contributed by atoms with E-state index in [1.807, 2.05) is 0 Å². The van der Waals surface area contributed by atoms with Crippen molar-refractivity contribution in [3.63, 3.8) is 0 Å². The minimum Gasteiger partial charge on any atom is -0.492 e. The van der Waals surface area contributed by atoms with E-state index in [0.29, 0.717) is 106 Å². The van der Waals surface area contributed by atoms with E-state index < -0.39 is 35.3 Å². The maximum absolute atomic E-state index is 12.4. The van der Waals surface area contributed by atoms with Crippen LogP contribution in [0.1, 0.15) is 57.4 Å². The molecule has 2 atom stereocenters.